The first-order chi connectivity index (χ1) is 21.7. The number of nitrogens with one attached hydrogen (secondary N) is 1. The Balaban J connectivity index is 1.27. The molecule has 4 atom stereocenters. The number of rotatable bonds is 12. The third kappa shape index (κ3) is 7.72. The lowest BCUT2D eigenvalue weighted by molar-refractivity contribution is -0.137. The molecule has 3 amide bonds. The summed E-state index contributed by atoms with van der Waals surface area (Å²) in [7, 11) is 0. The number of unbranched alkanes of at least 4 members (excludes halogenated alkanes) is 1. The van der Waals surface area contributed by atoms with Crippen LogP contribution in [-0.2, 0) is 14.3 Å². The third-order valence-corrected chi connectivity index (χ3v) is 9.16. The summed E-state index contributed by atoms with van der Waals surface area (Å²) in [6.07, 6.45) is 2.27. The fraction of sp³-hybridized carbons (Fsp3) is 0.576. The quantitative estimate of drug-likeness (QED) is 0.341. The van der Waals surface area contributed by atoms with Gasteiger partial charge in [-0.1, -0.05) is 57.5 Å². The zero-order chi connectivity index (χ0) is 32.1. The van der Waals surface area contributed by atoms with Crippen molar-refractivity contribution in [2.45, 2.75) is 52.5 Å². The Bertz CT molecular complexity index is 1370. The van der Waals surface area contributed by atoms with E-state index in [0.29, 0.717) is 68.6 Å². The summed E-state index contributed by atoms with van der Waals surface area (Å²) in [6.45, 7) is 9.19. The van der Waals surface area contributed by atoms with Gasteiger partial charge in [-0.3, -0.25) is 14.4 Å². The van der Waals surface area contributed by atoms with E-state index in [0.717, 1.165) is 31.5 Å². The van der Waals surface area contributed by atoms with Gasteiger partial charge >= 0.3 is 12.1 Å². The Morgan fingerprint density at radius 3 is 2.29 bits per heavy atom. The second-order valence-electron chi connectivity index (χ2n) is 12.6. The molecule has 1 aliphatic carbocycles. The van der Waals surface area contributed by atoms with Gasteiger partial charge in [0.15, 0.2) is 5.82 Å². The second-order valence-corrected chi connectivity index (χ2v) is 12.6. The first-order valence-corrected chi connectivity index (χ1v) is 16.1. The monoisotopic (exact) mass is 620 g/mol. The average Bonchev–Trinajstić information content (AvgIpc) is 3.50. The number of carboxylic acid groups (broad SMARTS) is 1. The number of aromatic nitrogens is 2. The van der Waals surface area contributed by atoms with Crippen LogP contribution in [0.15, 0.2) is 36.4 Å². The van der Waals surface area contributed by atoms with Gasteiger partial charge in [-0.15, -0.1) is 0 Å². The third-order valence-electron chi connectivity index (χ3n) is 9.16. The zero-order valence-corrected chi connectivity index (χ0v) is 26.4. The number of nitrogens with zero attached hydrogens (tertiary/aromatic N) is 5. The molecule has 12 nitrogen and oxygen atoms in total. The van der Waals surface area contributed by atoms with Gasteiger partial charge in [0.25, 0.3) is 5.91 Å². The lowest BCUT2D eigenvalue weighted by Crippen LogP contribution is -2.57. The SMILES string of the molecule is CCCCOC(=O)N1CCN(C(=O)[C@@H](NC(=O)c2cc(N3C[C@@H]4[C@@H](CCC(=O)O)[C@@H]4C3)nc(-c3ccccc3)n2)C(C)C)CC1. The molecule has 2 aromatic rings. The van der Waals surface area contributed by atoms with Crippen molar-refractivity contribution in [1.82, 2.24) is 25.1 Å². The molecule has 1 aromatic carbocycles. The van der Waals surface area contributed by atoms with Crippen molar-refractivity contribution in [2.24, 2.45) is 23.7 Å². The van der Waals surface area contributed by atoms with Crippen LogP contribution in [0.3, 0.4) is 0 Å². The molecule has 12 heteroatoms. The van der Waals surface area contributed by atoms with Crippen molar-refractivity contribution >= 4 is 29.7 Å². The Labute approximate surface area is 264 Å². The first-order valence-electron chi connectivity index (χ1n) is 16.1. The summed E-state index contributed by atoms with van der Waals surface area (Å²) >= 11 is 0. The lowest BCUT2D eigenvalue weighted by atomic mass is 10.0. The molecule has 0 bridgehead atoms. The highest BCUT2D eigenvalue weighted by atomic mass is 16.6. The largest absolute Gasteiger partial charge is 0.481 e. The maximum atomic E-state index is 13.7. The normalized spacial score (nSPS) is 21.3. The molecule has 0 radical (unpaired) electrons. The summed E-state index contributed by atoms with van der Waals surface area (Å²) in [4.78, 5) is 65.6. The molecule has 2 N–H and O–H groups in total. The number of hydrogen-bond donors (Lipinski definition) is 2. The van der Waals surface area contributed by atoms with Crippen LogP contribution in [0.4, 0.5) is 10.6 Å². The number of carbonyl (C=O) groups excluding carboxylic acids is 3. The number of hydrogen-bond acceptors (Lipinski definition) is 8. The molecule has 242 valence electrons. The van der Waals surface area contributed by atoms with E-state index in [9.17, 15) is 19.2 Å². The number of fused-ring (bicyclic) bond motifs is 1. The van der Waals surface area contributed by atoms with Crippen LogP contribution in [-0.4, -0.2) is 101 Å². The fourth-order valence-corrected chi connectivity index (χ4v) is 6.41. The van der Waals surface area contributed by atoms with Crippen LogP contribution in [0.1, 0.15) is 56.9 Å². The molecular weight excluding hydrogens is 576 g/mol. The van der Waals surface area contributed by atoms with Crippen LogP contribution in [0, 0.1) is 23.7 Å². The van der Waals surface area contributed by atoms with E-state index in [-0.39, 0.29) is 30.0 Å². The second kappa shape index (κ2) is 14.3. The minimum Gasteiger partial charge on any atom is -0.481 e. The number of carboxylic acids is 1. The van der Waals surface area contributed by atoms with Crippen LogP contribution in [0.2, 0.25) is 0 Å². The molecule has 1 saturated carbocycles. The van der Waals surface area contributed by atoms with E-state index in [2.05, 4.69) is 15.2 Å². The van der Waals surface area contributed by atoms with Gasteiger partial charge in [0.1, 0.15) is 17.6 Å². The van der Waals surface area contributed by atoms with Crippen LogP contribution in [0.5, 0.6) is 0 Å². The number of anilines is 1. The number of benzene rings is 1. The lowest BCUT2D eigenvalue weighted by Gasteiger charge is -2.36. The van der Waals surface area contributed by atoms with E-state index in [1.54, 1.807) is 15.9 Å². The van der Waals surface area contributed by atoms with Crippen molar-refractivity contribution < 1.29 is 29.0 Å². The van der Waals surface area contributed by atoms with Crippen molar-refractivity contribution in [3.63, 3.8) is 0 Å². The van der Waals surface area contributed by atoms with E-state index < -0.39 is 17.9 Å². The number of ether oxygens (including phenoxy) is 1. The Hall–Kier alpha value is -4.22. The van der Waals surface area contributed by atoms with Crippen LogP contribution in [0.25, 0.3) is 11.4 Å². The number of aliphatic carboxylic acids is 1. The number of piperazine rings is 1. The first kappa shape index (κ1) is 32.2. The highest BCUT2D eigenvalue weighted by Crippen LogP contribution is 2.54. The van der Waals surface area contributed by atoms with Gasteiger partial charge in [0.2, 0.25) is 5.91 Å². The van der Waals surface area contributed by atoms with Gasteiger partial charge in [0.05, 0.1) is 6.61 Å². The molecule has 3 aliphatic rings. The minimum absolute atomic E-state index is 0.179. The highest BCUT2D eigenvalue weighted by Gasteiger charge is 2.55. The molecule has 1 aromatic heterocycles. The van der Waals surface area contributed by atoms with Crippen molar-refractivity contribution in [3.05, 3.63) is 42.1 Å². The van der Waals surface area contributed by atoms with Crippen molar-refractivity contribution in [2.75, 3.05) is 50.8 Å². The molecule has 2 aliphatic heterocycles. The van der Waals surface area contributed by atoms with Gasteiger partial charge < -0.3 is 29.9 Å². The highest BCUT2D eigenvalue weighted by molar-refractivity contribution is 5.97. The predicted octanol–water partition coefficient (Wildman–Crippen LogP) is 3.53. The summed E-state index contributed by atoms with van der Waals surface area (Å²) in [6, 6.07) is 10.4. The summed E-state index contributed by atoms with van der Waals surface area (Å²) in [5.74, 6) is 0.758. The maximum absolute atomic E-state index is 13.7. The molecule has 0 spiro atoms. The fourth-order valence-electron chi connectivity index (χ4n) is 6.41. The maximum Gasteiger partial charge on any atom is 0.409 e. The Morgan fingerprint density at radius 2 is 1.67 bits per heavy atom. The topological polar surface area (TPSA) is 145 Å². The average molecular weight is 621 g/mol. The molecule has 2 saturated heterocycles. The summed E-state index contributed by atoms with van der Waals surface area (Å²) in [5.41, 5.74) is 0.958. The smallest absolute Gasteiger partial charge is 0.409 e. The Morgan fingerprint density at radius 1 is 1.00 bits per heavy atom. The number of amides is 3. The standard InChI is InChI=1S/C33H44N6O6/c1-4-5-17-45-33(44)38-15-13-37(14-16-38)32(43)29(21(2)3)36-31(42)26-18-27(35-30(34-26)22-9-7-6-8-10-22)39-19-24-23(25(24)20-39)11-12-28(40)41/h6-10,18,21,23-25,29H,4-5,11-17,19-20H2,1-3H3,(H,36,42)(H,40,41)/t23-,24-,25+,29-/m0/s1. The zero-order valence-electron chi connectivity index (χ0n) is 26.4. The van der Waals surface area contributed by atoms with Crippen LogP contribution >= 0.6 is 0 Å². The molecule has 3 fully saturated rings. The van der Waals surface area contributed by atoms with E-state index in [1.807, 2.05) is 51.1 Å². The number of carbonyl (C=O) groups is 4. The molecule has 5 rings (SSSR count). The molecule has 45 heavy (non-hydrogen) atoms. The van der Waals surface area contributed by atoms with Gasteiger partial charge in [-0.2, -0.15) is 0 Å². The minimum atomic E-state index is -0.770. The van der Waals surface area contributed by atoms with Crippen molar-refractivity contribution in [1.29, 1.82) is 0 Å². The van der Waals surface area contributed by atoms with E-state index in [4.69, 9.17) is 14.8 Å². The van der Waals surface area contributed by atoms with Gasteiger partial charge in [-0.05, 0) is 36.5 Å². The van der Waals surface area contributed by atoms with Gasteiger partial charge in [-0.25, -0.2) is 14.8 Å². The molecule has 3 heterocycles. The molecular formula is C33H44N6O6. The summed E-state index contributed by atoms with van der Waals surface area (Å²) < 4.78 is 5.32. The van der Waals surface area contributed by atoms with E-state index >= 15 is 0 Å². The molecule has 0 unspecified atom stereocenters. The Kier molecular flexibility index (Phi) is 10.2. The number of piperidine rings is 1. The predicted molar refractivity (Wildman–Crippen MR) is 168 cm³/mol. The van der Waals surface area contributed by atoms with Gasteiger partial charge in [0, 0.05) is 57.3 Å². The van der Waals surface area contributed by atoms with E-state index in [1.165, 1.54) is 0 Å². The van der Waals surface area contributed by atoms with Crippen molar-refractivity contribution in [3.8, 4) is 11.4 Å². The summed E-state index contributed by atoms with van der Waals surface area (Å²) in [5, 5.41) is 12.0. The van der Waals surface area contributed by atoms with Crippen LogP contribution < -0.4 is 10.2 Å².